The zero-order valence-electron chi connectivity index (χ0n) is 40.8. The number of nitrogens with one attached hydrogen (secondary N) is 1. The van der Waals surface area contributed by atoms with E-state index in [1.807, 2.05) is 24.3 Å². The minimum atomic E-state index is -4.73. The standard InChI is InChI=1S/C29H27F3N4O4.C24H25F3N2O6/c1-17-8-10-18(11-9-17)27(37)36(16-25-34-22-6-2-3-7-23(22)35-25)24-13-12-19(15-20(24)28(38)39)40-26-21(29(30,31)32)5-4-14-33-26;1-14-5-7-15(8-6-14)22(32)29(13-20(30)31)19-10-9-16(12-17(19)23(33)34-2)35-21-18(24(25,26)27)4-3-11-28-21/h2-7,12-15,17-18H,8-11,16H2,1H3,(H,34,35)(H,38,39);3-4,9-12,14-15H,5-8,13H2,1-2H3,(H,30,31). The number of nitrogens with zero attached hydrogens (tertiary/aromatic N) is 5. The lowest BCUT2D eigenvalue weighted by Crippen LogP contribution is -2.41. The molecule has 0 spiro atoms. The Kier molecular flexibility index (Phi) is 17.1. The maximum atomic E-state index is 13.9. The third-order valence-corrected chi connectivity index (χ3v) is 13.0. The van der Waals surface area contributed by atoms with Crippen molar-refractivity contribution >= 4 is 52.1 Å². The van der Waals surface area contributed by atoms with E-state index in [9.17, 15) is 60.5 Å². The molecular formula is C53H52F6N6O10. The van der Waals surface area contributed by atoms with Crippen LogP contribution in [0.15, 0.2) is 97.3 Å². The summed E-state index contributed by atoms with van der Waals surface area (Å²) in [5.74, 6) is -5.26. The number of aromatic amines is 1. The summed E-state index contributed by atoms with van der Waals surface area (Å²) in [7, 11) is 1.09. The fourth-order valence-electron chi connectivity index (χ4n) is 9.06. The van der Waals surface area contributed by atoms with Crippen LogP contribution in [0.5, 0.6) is 23.3 Å². The highest BCUT2D eigenvalue weighted by molar-refractivity contribution is 6.06. The molecule has 3 aromatic carbocycles. The molecule has 16 nitrogen and oxygen atoms in total. The van der Waals surface area contributed by atoms with Gasteiger partial charge in [0.15, 0.2) is 0 Å². The number of halogens is 6. The number of H-pyrrole nitrogens is 1. The van der Waals surface area contributed by atoms with E-state index in [1.165, 1.54) is 29.2 Å². The summed E-state index contributed by atoms with van der Waals surface area (Å²) in [6.07, 6.45) is -1.22. The van der Waals surface area contributed by atoms with E-state index in [0.29, 0.717) is 48.9 Å². The Bertz CT molecular complexity index is 3010. The molecular weight excluding hydrogens is 995 g/mol. The first kappa shape index (κ1) is 54.7. The monoisotopic (exact) mass is 1050 g/mol. The molecule has 3 heterocycles. The van der Waals surface area contributed by atoms with Crippen LogP contribution in [-0.4, -0.2) is 73.5 Å². The number of aromatic nitrogens is 4. The Labute approximate surface area is 425 Å². The maximum Gasteiger partial charge on any atom is 0.421 e. The number of carbonyl (C=O) groups excluding carboxylic acids is 3. The highest BCUT2D eigenvalue weighted by atomic mass is 19.4. The number of rotatable bonds is 14. The summed E-state index contributed by atoms with van der Waals surface area (Å²) in [5, 5.41) is 19.5. The number of amides is 2. The van der Waals surface area contributed by atoms with E-state index in [2.05, 4.69) is 33.8 Å². The van der Waals surface area contributed by atoms with Crippen LogP contribution in [0.4, 0.5) is 37.7 Å². The van der Waals surface area contributed by atoms with Gasteiger partial charge < -0.3 is 39.2 Å². The lowest BCUT2D eigenvalue weighted by molar-refractivity contribution is -0.139. The van der Waals surface area contributed by atoms with Crippen LogP contribution in [0.3, 0.4) is 0 Å². The molecule has 2 amide bonds. The van der Waals surface area contributed by atoms with Crippen molar-refractivity contribution in [2.24, 2.45) is 23.7 Å². The van der Waals surface area contributed by atoms with Gasteiger partial charge in [-0.2, -0.15) is 26.3 Å². The number of anilines is 2. The minimum Gasteiger partial charge on any atom is -0.480 e. The Morgan fingerprint density at radius 1 is 0.640 bits per heavy atom. The molecule has 0 atom stereocenters. The molecule has 0 bridgehead atoms. The predicted molar refractivity (Wildman–Crippen MR) is 259 cm³/mol. The molecule has 2 aliphatic rings. The number of benzene rings is 3. The van der Waals surface area contributed by atoms with Gasteiger partial charge >= 0.3 is 30.3 Å². The highest BCUT2D eigenvalue weighted by Crippen LogP contribution is 2.41. The van der Waals surface area contributed by atoms with Crippen molar-refractivity contribution in [2.45, 2.75) is 84.1 Å². The number of imidazole rings is 1. The lowest BCUT2D eigenvalue weighted by atomic mass is 9.82. The fraction of sp³-hybridized carbons (Fsp3) is 0.358. The molecule has 0 aliphatic heterocycles. The number of carboxylic acids is 2. The number of aliphatic carboxylic acids is 1. The van der Waals surface area contributed by atoms with Crippen molar-refractivity contribution in [1.29, 1.82) is 0 Å². The molecule has 2 aliphatic carbocycles. The number of hydrogen-bond donors (Lipinski definition) is 3. The Morgan fingerprint density at radius 2 is 1.12 bits per heavy atom. The number of para-hydroxylation sites is 2. The van der Waals surface area contributed by atoms with Crippen LogP contribution >= 0.6 is 0 Å². The summed E-state index contributed by atoms with van der Waals surface area (Å²) >= 11 is 0. The molecule has 2 saturated carbocycles. The number of esters is 1. The number of carbonyl (C=O) groups is 5. The van der Waals surface area contributed by atoms with Crippen molar-refractivity contribution in [2.75, 3.05) is 23.5 Å². The van der Waals surface area contributed by atoms with Crippen molar-refractivity contribution in [3.05, 3.63) is 125 Å². The van der Waals surface area contributed by atoms with Gasteiger partial charge in [0.1, 0.15) is 35.0 Å². The van der Waals surface area contributed by atoms with Gasteiger partial charge in [-0.25, -0.2) is 24.5 Å². The third-order valence-electron chi connectivity index (χ3n) is 13.0. The molecule has 3 aromatic heterocycles. The van der Waals surface area contributed by atoms with Crippen LogP contribution in [0, 0.1) is 23.7 Å². The van der Waals surface area contributed by atoms with Crippen LogP contribution in [0.1, 0.15) is 103 Å². The molecule has 6 aromatic rings. The SMILES string of the molecule is CC1CCC(C(=O)N(Cc2nc3ccccc3[nH]2)c2ccc(Oc3ncccc3C(F)(F)F)cc2C(=O)O)CC1.COC(=O)c1cc(Oc2ncccc2C(F)(F)F)ccc1N(CC(=O)O)C(=O)C1CCC(C)CC1. The number of methoxy groups -OCH3 is 1. The third kappa shape index (κ3) is 13.6. The summed E-state index contributed by atoms with van der Waals surface area (Å²) in [5.41, 5.74) is -1.19. The largest absolute Gasteiger partial charge is 0.480 e. The number of alkyl halides is 6. The molecule has 396 valence electrons. The molecule has 0 unspecified atom stereocenters. The van der Waals surface area contributed by atoms with Gasteiger partial charge in [0, 0.05) is 24.2 Å². The smallest absolute Gasteiger partial charge is 0.421 e. The summed E-state index contributed by atoms with van der Waals surface area (Å²) < 4.78 is 95.7. The van der Waals surface area contributed by atoms with Crippen molar-refractivity contribution in [3.8, 4) is 23.3 Å². The molecule has 8 rings (SSSR count). The van der Waals surface area contributed by atoms with E-state index in [1.54, 1.807) is 0 Å². The molecule has 22 heteroatoms. The van der Waals surface area contributed by atoms with Gasteiger partial charge in [-0.1, -0.05) is 26.0 Å². The Balaban J connectivity index is 0.000000221. The summed E-state index contributed by atoms with van der Waals surface area (Å²) in [6.45, 7) is 3.50. The van der Waals surface area contributed by atoms with Gasteiger partial charge in [0.2, 0.25) is 23.6 Å². The predicted octanol–water partition coefficient (Wildman–Crippen LogP) is 11.7. The maximum absolute atomic E-state index is 13.9. The fourth-order valence-corrected chi connectivity index (χ4v) is 9.06. The number of hydrogen-bond acceptors (Lipinski definition) is 11. The number of ether oxygens (including phenoxy) is 3. The Hall–Kier alpha value is -8.04. The number of carboxylic acid groups (broad SMARTS) is 2. The van der Waals surface area contributed by atoms with Crippen molar-refractivity contribution in [1.82, 2.24) is 19.9 Å². The van der Waals surface area contributed by atoms with Gasteiger partial charge in [0.25, 0.3) is 0 Å². The topological polar surface area (TPSA) is 214 Å². The van der Waals surface area contributed by atoms with Crippen LogP contribution in [-0.2, 0) is 38.0 Å². The zero-order chi connectivity index (χ0) is 54.2. The van der Waals surface area contributed by atoms with Crippen LogP contribution in [0.2, 0.25) is 0 Å². The van der Waals surface area contributed by atoms with Crippen molar-refractivity contribution < 1.29 is 74.7 Å². The van der Waals surface area contributed by atoms with Crippen LogP contribution < -0.4 is 19.3 Å². The first-order chi connectivity index (χ1) is 35.6. The molecule has 0 radical (unpaired) electrons. The minimum absolute atomic E-state index is 0.0154. The summed E-state index contributed by atoms with van der Waals surface area (Å²) in [4.78, 5) is 81.1. The average molecular weight is 1050 g/mol. The number of fused-ring (bicyclic) bond motifs is 1. The molecule has 3 N–H and O–H groups in total. The van der Waals surface area contributed by atoms with E-state index in [4.69, 9.17) is 14.2 Å². The van der Waals surface area contributed by atoms with E-state index in [-0.39, 0.29) is 52.4 Å². The first-order valence-corrected chi connectivity index (χ1v) is 23.9. The summed E-state index contributed by atoms with van der Waals surface area (Å²) in [6, 6.07) is 18.6. The molecule has 2 fully saturated rings. The zero-order valence-corrected chi connectivity index (χ0v) is 40.8. The second-order valence-corrected chi connectivity index (χ2v) is 18.4. The van der Waals surface area contributed by atoms with Crippen molar-refractivity contribution in [3.63, 3.8) is 0 Å². The second kappa shape index (κ2) is 23.4. The lowest BCUT2D eigenvalue weighted by Gasteiger charge is -2.31. The van der Waals surface area contributed by atoms with E-state index in [0.717, 1.165) is 92.0 Å². The molecule has 75 heavy (non-hydrogen) atoms. The van der Waals surface area contributed by atoms with Gasteiger partial charge in [-0.05, 0) is 136 Å². The number of aromatic carboxylic acids is 1. The van der Waals surface area contributed by atoms with Crippen LogP contribution in [0.25, 0.3) is 11.0 Å². The first-order valence-electron chi connectivity index (χ1n) is 23.9. The van der Waals surface area contributed by atoms with E-state index < -0.39 is 71.5 Å². The highest BCUT2D eigenvalue weighted by Gasteiger charge is 2.38. The second-order valence-electron chi connectivity index (χ2n) is 18.4. The number of pyridine rings is 2. The van der Waals surface area contributed by atoms with E-state index >= 15 is 0 Å². The van der Waals surface area contributed by atoms with Gasteiger partial charge in [0.05, 0.1) is 47.2 Å². The quantitative estimate of drug-likeness (QED) is 0.0685. The molecule has 0 saturated heterocycles. The Morgan fingerprint density at radius 3 is 1.59 bits per heavy atom. The van der Waals surface area contributed by atoms with Gasteiger partial charge in [-0.3, -0.25) is 14.4 Å². The average Bonchev–Trinajstić information content (AvgIpc) is 3.80. The van der Waals surface area contributed by atoms with Gasteiger partial charge in [-0.15, -0.1) is 0 Å². The normalized spacial score (nSPS) is 17.7.